The van der Waals surface area contributed by atoms with Gasteiger partial charge in [-0.3, -0.25) is 10.1 Å². The molecule has 1 unspecified atom stereocenters. The van der Waals surface area contributed by atoms with Crippen LogP contribution in [0.25, 0.3) is 0 Å². The number of unbranched alkanes of at least 4 members (excludes halogenated alkanes) is 1. The predicted molar refractivity (Wildman–Crippen MR) is 54.2 cm³/mol. The SMILES string of the molecule is COC(=O)NCCCCC1NCNC1=O. The number of alkyl carbamates (subject to hydrolysis) is 1. The number of rotatable bonds is 5. The molecular weight excluding hydrogens is 198 g/mol. The lowest BCUT2D eigenvalue weighted by Gasteiger charge is -2.07. The smallest absolute Gasteiger partial charge is 0.406 e. The van der Waals surface area contributed by atoms with Crippen molar-refractivity contribution >= 4 is 12.0 Å². The van der Waals surface area contributed by atoms with Gasteiger partial charge in [-0.2, -0.15) is 0 Å². The molecule has 0 aliphatic carbocycles. The molecule has 0 aromatic carbocycles. The van der Waals surface area contributed by atoms with Crippen LogP contribution in [0.5, 0.6) is 0 Å². The minimum absolute atomic E-state index is 0.0657. The largest absolute Gasteiger partial charge is 0.453 e. The molecule has 1 aliphatic rings. The molecule has 0 spiro atoms. The summed E-state index contributed by atoms with van der Waals surface area (Å²) in [6.45, 7) is 1.14. The highest BCUT2D eigenvalue weighted by atomic mass is 16.5. The van der Waals surface area contributed by atoms with Gasteiger partial charge in [-0.05, 0) is 19.3 Å². The van der Waals surface area contributed by atoms with E-state index in [1.54, 1.807) is 0 Å². The van der Waals surface area contributed by atoms with Gasteiger partial charge in [-0.15, -0.1) is 0 Å². The van der Waals surface area contributed by atoms with Crippen molar-refractivity contribution in [3.8, 4) is 0 Å². The molecule has 1 fully saturated rings. The van der Waals surface area contributed by atoms with Crippen LogP contribution < -0.4 is 16.0 Å². The summed E-state index contributed by atoms with van der Waals surface area (Å²) in [5.74, 6) is 0.0657. The summed E-state index contributed by atoms with van der Waals surface area (Å²) >= 11 is 0. The maximum absolute atomic E-state index is 11.1. The molecule has 0 bridgehead atoms. The van der Waals surface area contributed by atoms with Crippen molar-refractivity contribution in [3.05, 3.63) is 0 Å². The molecular formula is C9H17N3O3. The lowest BCUT2D eigenvalue weighted by atomic mass is 10.1. The van der Waals surface area contributed by atoms with E-state index in [4.69, 9.17) is 0 Å². The Hall–Kier alpha value is -1.30. The van der Waals surface area contributed by atoms with Gasteiger partial charge < -0.3 is 15.4 Å². The predicted octanol–water partition coefficient (Wildman–Crippen LogP) is -0.442. The Morgan fingerprint density at radius 2 is 2.40 bits per heavy atom. The zero-order valence-electron chi connectivity index (χ0n) is 8.84. The number of hydrogen-bond acceptors (Lipinski definition) is 4. The highest BCUT2D eigenvalue weighted by molar-refractivity contribution is 5.83. The molecule has 15 heavy (non-hydrogen) atoms. The number of carbonyl (C=O) groups is 2. The zero-order valence-corrected chi connectivity index (χ0v) is 8.84. The third-order valence-corrected chi connectivity index (χ3v) is 2.30. The quantitative estimate of drug-likeness (QED) is 0.543. The van der Waals surface area contributed by atoms with Gasteiger partial charge in [0.05, 0.1) is 19.8 Å². The Bertz CT molecular complexity index is 233. The molecule has 2 amide bonds. The number of nitrogens with one attached hydrogen (secondary N) is 3. The lowest BCUT2D eigenvalue weighted by molar-refractivity contribution is -0.120. The molecule has 0 radical (unpaired) electrons. The van der Waals surface area contributed by atoms with Crippen LogP contribution in [0.3, 0.4) is 0 Å². The van der Waals surface area contributed by atoms with E-state index in [-0.39, 0.29) is 11.9 Å². The third-order valence-electron chi connectivity index (χ3n) is 2.30. The van der Waals surface area contributed by atoms with Crippen LogP contribution in [0, 0.1) is 0 Å². The molecule has 1 saturated heterocycles. The van der Waals surface area contributed by atoms with E-state index in [2.05, 4.69) is 20.7 Å². The number of hydrogen-bond donors (Lipinski definition) is 3. The molecule has 6 nitrogen and oxygen atoms in total. The minimum Gasteiger partial charge on any atom is -0.453 e. The van der Waals surface area contributed by atoms with Crippen LogP contribution in [0.2, 0.25) is 0 Å². The number of ether oxygens (including phenoxy) is 1. The van der Waals surface area contributed by atoms with Crippen LogP contribution in [0.15, 0.2) is 0 Å². The minimum atomic E-state index is -0.410. The van der Waals surface area contributed by atoms with Crippen LogP contribution in [0.1, 0.15) is 19.3 Å². The molecule has 0 aromatic heterocycles. The molecule has 0 aromatic rings. The average molecular weight is 215 g/mol. The average Bonchev–Trinajstić information content (AvgIpc) is 2.63. The summed E-state index contributed by atoms with van der Waals surface area (Å²) in [5.41, 5.74) is 0. The van der Waals surface area contributed by atoms with Gasteiger partial charge in [0, 0.05) is 6.54 Å². The van der Waals surface area contributed by atoms with Gasteiger partial charge in [-0.25, -0.2) is 4.79 Å². The van der Waals surface area contributed by atoms with Gasteiger partial charge in [0.1, 0.15) is 0 Å². The molecule has 86 valence electrons. The third kappa shape index (κ3) is 4.16. The number of methoxy groups -OCH3 is 1. The van der Waals surface area contributed by atoms with E-state index in [1.165, 1.54) is 7.11 Å². The van der Waals surface area contributed by atoms with Gasteiger partial charge in [0.25, 0.3) is 0 Å². The summed E-state index contributed by atoms with van der Waals surface area (Å²) in [5, 5.41) is 8.33. The summed E-state index contributed by atoms with van der Waals surface area (Å²) in [4.78, 5) is 21.8. The van der Waals surface area contributed by atoms with Crippen molar-refractivity contribution in [2.45, 2.75) is 25.3 Å². The summed E-state index contributed by atoms with van der Waals surface area (Å²) in [6.07, 6.45) is 2.14. The van der Waals surface area contributed by atoms with Crippen molar-refractivity contribution in [2.24, 2.45) is 0 Å². The highest BCUT2D eigenvalue weighted by Gasteiger charge is 2.21. The Kier molecular flexibility index (Phi) is 4.89. The topological polar surface area (TPSA) is 79.5 Å². The first kappa shape index (κ1) is 11.8. The van der Waals surface area contributed by atoms with E-state index in [9.17, 15) is 9.59 Å². The normalized spacial score (nSPS) is 19.8. The Morgan fingerprint density at radius 3 is 3.00 bits per heavy atom. The second kappa shape index (κ2) is 6.23. The van der Waals surface area contributed by atoms with Crippen molar-refractivity contribution in [3.63, 3.8) is 0 Å². The molecule has 1 aliphatic heterocycles. The fourth-order valence-corrected chi connectivity index (χ4v) is 1.45. The summed E-state index contributed by atoms with van der Waals surface area (Å²) in [7, 11) is 1.34. The second-order valence-electron chi connectivity index (χ2n) is 3.39. The maximum Gasteiger partial charge on any atom is 0.406 e. The lowest BCUT2D eigenvalue weighted by Crippen LogP contribution is -2.29. The standard InChI is InChI=1S/C9H17N3O3/c1-15-9(14)10-5-3-2-4-7-8(13)12-6-11-7/h7,11H,2-6H2,1H3,(H,10,14)(H,12,13). The van der Waals surface area contributed by atoms with E-state index in [0.717, 1.165) is 19.3 Å². The Morgan fingerprint density at radius 1 is 1.60 bits per heavy atom. The van der Waals surface area contributed by atoms with Crippen LogP contribution >= 0.6 is 0 Å². The first-order valence-corrected chi connectivity index (χ1v) is 5.07. The first-order valence-electron chi connectivity index (χ1n) is 5.07. The summed E-state index contributed by atoms with van der Waals surface area (Å²) < 4.78 is 4.42. The van der Waals surface area contributed by atoms with Gasteiger partial charge >= 0.3 is 6.09 Å². The fourth-order valence-electron chi connectivity index (χ4n) is 1.45. The number of carbonyl (C=O) groups excluding carboxylic acids is 2. The monoisotopic (exact) mass is 215 g/mol. The zero-order chi connectivity index (χ0) is 11.1. The van der Waals surface area contributed by atoms with E-state index in [0.29, 0.717) is 13.2 Å². The van der Waals surface area contributed by atoms with E-state index >= 15 is 0 Å². The van der Waals surface area contributed by atoms with Crippen molar-refractivity contribution < 1.29 is 14.3 Å². The Balaban J connectivity index is 1.97. The number of amides is 2. The fraction of sp³-hybridized carbons (Fsp3) is 0.778. The second-order valence-corrected chi connectivity index (χ2v) is 3.39. The molecule has 1 atom stereocenters. The first-order chi connectivity index (χ1) is 7.24. The van der Waals surface area contributed by atoms with Gasteiger partial charge in [-0.1, -0.05) is 0 Å². The molecule has 1 heterocycles. The molecule has 3 N–H and O–H groups in total. The van der Waals surface area contributed by atoms with Crippen molar-refractivity contribution in [1.82, 2.24) is 16.0 Å². The van der Waals surface area contributed by atoms with Crippen molar-refractivity contribution in [2.75, 3.05) is 20.3 Å². The van der Waals surface area contributed by atoms with E-state index in [1.807, 2.05) is 0 Å². The highest BCUT2D eigenvalue weighted by Crippen LogP contribution is 2.03. The van der Waals surface area contributed by atoms with Crippen LogP contribution in [0.4, 0.5) is 4.79 Å². The van der Waals surface area contributed by atoms with Crippen LogP contribution in [-0.2, 0) is 9.53 Å². The Labute approximate surface area is 88.7 Å². The molecule has 6 heteroatoms. The molecule has 1 rings (SSSR count). The molecule has 0 saturated carbocycles. The van der Waals surface area contributed by atoms with Crippen LogP contribution in [-0.4, -0.2) is 38.4 Å². The van der Waals surface area contributed by atoms with Gasteiger partial charge in [0.2, 0.25) is 5.91 Å². The summed E-state index contributed by atoms with van der Waals surface area (Å²) in [6, 6.07) is -0.0665. The maximum atomic E-state index is 11.1. The van der Waals surface area contributed by atoms with Gasteiger partial charge in [0.15, 0.2) is 0 Å². The van der Waals surface area contributed by atoms with E-state index < -0.39 is 6.09 Å². The van der Waals surface area contributed by atoms with Crippen molar-refractivity contribution in [1.29, 1.82) is 0 Å².